The normalized spacial score (nSPS) is 14.0. The molecule has 0 saturated heterocycles. The molecule has 11 nitrogen and oxygen atoms in total. The predicted octanol–water partition coefficient (Wildman–Crippen LogP) is 11.1. The average molecular weight is 788 g/mol. The van der Waals surface area contributed by atoms with Crippen molar-refractivity contribution in [3.63, 3.8) is 0 Å². The number of esters is 2. The fourth-order valence-corrected chi connectivity index (χ4v) is 6.54. The number of aliphatic carboxylic acids is 1. The van der Waals surface area contributed by atoms with Gasteiger partial charge in [0.05, 0.1) is 13.2 Å². The molecule has 0 bridgehead atoms. The molecule has 0 spiro atoms. The van der Waals surface area contributed by atoms with Crippen molar-refractivity contribution in [3.05, 3.63) is 24.3 Å². The number of unbranched alkanes of at least 4 members (excludes halogenated alkanes) is 22. The molecule has 0 heterocycles. The van der Waals surface area contributed by atoms with Crippen molar-refractivity contribution in [2.75, 3.05) is 19.8 Å². The van der Waals surface area contributed by atoms with Crippen LogP contribution in [0.2, 0.25) is 0 Å². The van der Waals surface area contributed by atoms with Crippen LogP contribution in [0.3, 0.4) is 0 Å². The van der Waals surface area contributed by atoms with Gasteiger partial charge in [0.1, 0.15) is 12.6 Å². The molecule has 0 radical (unpaired) electrons. The van der Waals surface area contributed by atoms with Gasteiger partial charge in [-0.3, -0.25) is 23.4 Å². The van der Waals surface area contributed by atoms with Gasteiger partial charge in [0.15, 0.2) is 6.10 Å². The number of ether oxygens (including phenoxy) is 2. The lowest BCUT2D eigenvalue weighted by Gasteiger charge is -2.20. The smallest absolute Gasteiger partial charge is 0.472 e. The van der Waals surface area contributed by atoms with E-state index in [1.54, 1.807) is 0 Å². The molecule has 0 fully saturated rings. The molecule has 0 aromatic carbocycles. The van der Waals surface area contributed by atoms with Gasteiger partial charge in [-0.05, 0) is 64.2 Å². The molecule has 316 valence electrons. The molecule has 12 heteroatoms. The molecule has 1 unspecified atom stereocenters. The highest BCUT2D eigenvalue weighted by Crippen LogP contribution is 2.43. The minimum absolute atomic E-state index is 0.139. The fourth-order valence-electron chi connectivity index (χ4n) is 5.76. The molecule has 4 N–H and O–H groups in total. The maximum atomic E-state index is 12.6. The third-order valence-corrected chi connectivity index (χ3v) is 10.1. The maximum Gasteiger partial charge on any atom is 0.472 e. The maximum absolute atomic E-state index is 12.6. The molecule has 0 aromatic heterocycles. The van der Waals surface area contributed by atoms with Crippen molar-refractivity contribution in [3.8, 4) is 0 Å². The summed E-state index contributed by atoms with van der Waals surface area (Å²) in [5, 5.41) is 8.88. The van der Waals surface area contributed by atoms with Crippen molar-refractivity contribution in [1.29, 1.82) is 0 Å². The average Bonchev–Trinajstić information content (AvgIpc) is 3.14. The molecule has 0 rings (SSSR count). The van der Waals surface area contributed by atoms with Crippen LogP contribution in [0.5, 0.6) is 0 Å². The summed E-state index contributed by atoms with van der Waals surface area (Å²) in [6.07, 6.45) is 38.2. The lowest BCUT2D eigenvalue weighted by atomic mass is 10.1. The van der Waals surface area contributed by atoms with Gasteiger partial charge in [-0.25, -0.2) is 4.57 Å². The first kappa shape index (κ1) is 52.0. The second-order valence-corrected chi connectivity index (χ2v) is 15.9. The van der Waals surface area contributed by atoms with Gasteiger partial charge in [0.25, 0.3) is 0 Å². The summed E-state index contributed by atoms with van der Waals surface area (Å²) in [6, 6.07) is -1.52. The molecule has 3 atom stereocenters. The number of phosphoric acid groups is 1. The summed E-state index contributed by atoms with van der Waals surface area (Å²) in [5.41, 5.74) is 5.32. The third-order valence-electron chi connectivity index (χ3n) is 9.17. The lowest BCUT2D eigenvalue weighted by Crippen LogP contribution is -2.34. The zero-order chi connectivity index (χ0) is 40.0. The second-order valence-electron chi connectivity index (χ2n) is 14.5. The zero-order valence-electron chi connectivity index (χ0n) is 34.1. The van der Waals surface area contributed by atoms with Crippen LogP contribution in [0.1, 0.15) is 194 Å². The van der Waals surface area contributed by atoms with Crippen LogP contribution in [0.25, 0.3) is 0 Å². The third kappa shape index (κ3) is 36.9. The van der Waals surface area contributed by atoms with Gasteiger partial charge >= 0.3 is 25.7 Å². The van der Waals surface area contributed by atoms with Crippen LogP contribution in [0.15, 0.2) is 24.3 Å². The van der Waals surface area contributed by atoms with Crippen LogP contribution in [0.4, 0.5) is 0 Å². The molecule has 0 aromatic rings. The highest BCUT2D eigenvalue weighted by molar-refractivity contribution is 7.47. The molecular formula is C42H78NO10P. The number of hydrogen-bond donors (Lipinski definition) is 3. The number of carboxylic acid groups (broad SMARTS) is 1. The summed E-state index contributed by atoms with van der Waals surface area (Å²) in [5.74, 6) is -2.42. The van der Waals surface area contributed by atoms with Gasteiger partial charge in [-0.1, -0.05) is 141 Å². The van der Waals surface area contributed by atoms with E-state index < -0.39 is 51.1 Å². The van der Waals surface area contributed by atoms with Crippen molar-refractivity contribution in [2.24, 2.45) is 5.73 Å². The Morgan fingerprint density at radius 1 is 0.556 bits per heavy atom. The quantitative estimate of drug-likeness (QED) is 0.0233. The van der Waals surface area contributed by atoms with Crippen LogP contribution in [-0.2, 0) is 37.5 Å². The number of hydrogen-bond acceptors (Lipinski definition) is 9. The van der Waals surface area contributed by atoms with Crippen LogP contribution < -0.4 is 5.73 Å². The van der Waals surface area contributed by atoms with Gasteiger partial charge in [0, 0.05) is 12.8 Å². The predicted molar refractivity (Wildman–Crippen MR) is 217 cm³/mol. The van der Waals surface area contributed by atoms with Gasteiger partial charge in [0.2, 0.25) is 0 Å². The van der Waals surface area contributed by atoms with Crippen molar-refractivity contribution in [1.82, 2.24) is 0 Å². The SMILES string of the molecule is CCCCCCCCCC/C=C/CCCCCC(=O)O[C@H](COC(=O)CCCC/C=C/CCCCCCCCCCC)COP(=O)(O)OC[C@H](N)C(=O)O. The molecule has 0 aliphatic carbocycles. The number of carbonyl (C=O) groups excluding carboxylic acids is 2. The lowest BCUT2D eigenvalue weighted by molar-refractivity contribution is -0.161. The molecule has 54 heavy (non-hydrogen) atoms. The van der Waals surface area contributed by atoms with Gasteiger partial charge < -0.3 is 25.2 Å². The van der Waals surface area contributed by atoms with Crippen molar-refractivity contribution in [2.45, 2.75) is 206 Å². The van der Waals surface area contributed by atoms with Crippen molar-refractivity contribution >= 4 is 25.7 Å². The minimum atomic E-state index is -4.72. The number of rotatable bonds is 40. The van der Waals surface area contributed by atoms with Gasteiger partial charge in [-0.2, -0.15) is 0 Å². The van der Waals surface area contributed by atoms with Crippen LogP contribution in [-0.4, -0.2) is 59.9 Å². The highest BCUT2D eigenvalue weighted by Gasteiger charge is 2.28. The van der Waals surface area contributed by atoms with E-state index in [2.05, 4.69) is 42.7 Å². The first-order valence-corrected chi connectivity index (χ1v) is 22.9. The van der Waals surface area contributed by atoms with E-state index >= 15 is 0 Å². The summed E-state index contributed by atoms with van der Waals surface area (Å²) in [4.78, 5) is 45.9. The minimum Gasteiger partial charge on any atom is -0.480 e. The topological polar surface area (TPSA) is 172 Å². The molecule has 0 amide bonds. The Hall–Kier alpha value is -2.04. The first-order chi connectivity index (χ1) is 26.1. The van der Waals surface area contributed by atoms with Crippen molar-refractivity contribution < 1.29 is 47.5 Å². The van der Waals surface area contributed by atoms with E-state index in [0.717, 1.165) is 44.9 Å². The van der Waals surface area contributed by atoms with E-state index in [1.165, 1.54) is 109 Å². The second kappa shape index (κ2) is 37.9. The summed E-state index contributed by atoms with van der Waals surface area (Å²) < 4.78 is 32.6. The molecule has 0 saturated carbocycles. The Bertz CT molecular complexity index is 1020. The molecule has 0 aliphatic heterocycles. The molecule has 0 aliphatic rings. The van der Waals surface area contributed by atoms with E-state index in [9.17, 15) is 23.8 Å². The zero-order valence-corrected chi connectivity index (χ0v) is 35.0. The van der Waals surface area contributed by atoms with E-state index in [-0.39, 0.29) is 19.4 Å². The Morgan fingerprint density at radius 2 is 0.926 bits per heavy atom. The summed E-state index contributed by atoms with van der Waals surface area (Å²) in [6.45, 7) is 2.77. The van der Waals surface area contributed by atoms with Gasteiger partial charge in [-0.15, -0.1) is 0 Å². The van der Waals surface area contributed by atoms with E-state index in [1.807, 2.05) is 0 Å². The Kier molecular flexibility index (Phi) is 36.4. The highest BCUT2D eigenvalue weighted by atomic mass is 31.2. The number of phosphoric ester groups is 1. The first-order valence-electron chi connectivity index (χ1n) is 21.4. The van der Waals surface area contributed by atoms with Crippen LogP contribution >= 0.6 is 7.82 Å². The summed E-state index contributed by atoms with van der Waals surface area (Å²) in [7, 11) is -4.72. The van der Waals surface area contributed by atoms with Crippen LogP contribution in [0, 0.1) is 0 Å². The Morgan fingerprint density at radius 3 is 1.39 bits per heavy atom. The number of nitrogens with two attached hydrogens (primary N) is 1. The number of allylic oxidation sites excluding steroid dienone is 4. The van der Waals surface area contributed by atoms with E-state index in [4.69, 9.17) is 24.8 Å². The number of carboxylic acids is 1. The Labute approximate surface area is 328 Å². The largest absolute Gasteiger partial charge is 0.480 e. The summed E-state index contributed by atoms with van der Waals surface area (Å²) >= 11 is 0. The Balaban J connectivity index is 4.42. The van der Waals surface area contributed by atoms with E-state index in [0.29, 0.717) is 12.8 Å². The fraction of sp³-hybridized carbons (Fsp3) is 0.833. The standard InChI is InChI=1S/C42H78NO10P/c1-3-5-7-9-11-13-15-17-19-21-23-25-27-29-31-33-40(44)50-35-38(36-51-54(48,49)52-37-39(43)42(46)47)53-41(45)34-32-30-28-26-24-22-20-18-16-14-12-10-8-6-4-2/h22-25,38-39H,3-21,26-37,43H2,1-2H3,(H,46,47)(H,48,49)/b24-22+,25-23+/t38-,39+/m1/s1. The molecular weight excluding hydrogens is 709 g/mol. The monoisotopic (exact) mass is 788 g/mol. The number of carbonyl (C=O) groups is 3.